The van der Waals surface area contributed by atoms with Crippen LogP contribution in [0.4, 0.5) is 0 Å². The highest BCUT2D eigenvalue weighted by atomic mass is 35.5. The second-order valence-corrected chi connectivity index (χ2v) is 5.45. The van der Waals surface area contributed by atoms with E-state index in [0.29, 0.717) is 15.8 Å². The molecule has 0 aliphatic heterocycles. The summed E-state index contributed by atoms with van der Waals surface area (Å²) in [5, 5.41) is 10.3. The quantitative estimate of drug-likeness (QED) is 0.850. The predicted molar refractivity (Wildman–Crippen MR) is 74.8 cm³/mol. The Bertz CT molecular complexity index is 628. The maximum Gasteiger partial charge on any atom is 0.290 e. The van der Waals surface area contributed by atoms with Crippen molar-refractivity contribution >= 4 is 35.0 Å². The smallest absolute Gasteiger partial charge is 0.290 e. The number of pyridine rings is 1. The van der Waals surface area contributed by atoms with Crippen molar-refractivity contribution in [2.75, 3.05) is 0 Å². The summed E-state index contributed by atoms with van der Waals surface area (Å²) in [5.74, 6) is 0.338. The maximum absolute atomic E-state index is 11.0. The van der Waals surface area contributed by atoms with Crippen molar-refractivity contribution in [1.82, 2.24) is 4.98 Å². The minimum atomic E-state index is -0.488. The average Bonchev–Trinajstić information content (AvgIpc) is 2.35. The molecule has 3 nitrogen and oxygen atoms in total. The van der Waals surface area contributed by atoms with E-state index in [-0.39, 0.29) is 5.75 Å². The zero-order valence-electron chi connectivity index (χ0n) is 9.11. The summed E-state index contributed by atoms with van der Waals surface area (Å²) >= 11 is 13.3. The second-order valence-electron chi connectivity index (χ2n) is 3.59. The monoisotopic (exact) mass is 301 g/mol. The maximum atomic E-state index is 11.0. The Morgan fingerprint density at radius 2 is 2.00 bits per heavy atom. The molecule has 2 aromatic rings. The van der Waals surface area contributed by atoms with Crippen LogP contribution in [0.5, 0.6) is 5.75 Å². The van der Waals surface area contributed by atoms with E-state index >= 15 is 0 Å². The molecule has 0 saturated heterocycles. The first kappa shape index (κ1) is 13.3. The van der Waals surface area contributed by atoms with Gasteiger partial charge >= 0.3 is 0 Å². The molecule has 6 heteroatoms. The average molecular weight is 302 g/mol. The molecule has 2 rings (SSSR count). The lowest BCUT2D eigenvalue weighted by molar-refractivity contribution is 0.466. The first-order valence-electron chi connectivity index (χ1n) is 5.04. The number of hydrogen-bond donors (Lipinski definition) is 2. The fourth-order valence-electron chi connectivity index (χ4n) is 1.33. The first-order chi connectivity index (χ1) is 8.56. The van der Waals surface area contributed by atoms with Crippen molar-refractivity contribution < 1.29 is 5.11 Å². The molecule has 0 bridgehead atoms. The minimum Gasteiger partial charge on any atom is -0.503 e. The van der Waals surface area contributed by atoms with Gasteiger partial charge in [0.2, 0.25) is 0 Å². The lowest BCUT2D eigenvalue weighted by Gasteiger charge is -2.03. The van der Waals surface area contributed by atoms with E-state index in [9.17, 15) is 9.90 Å². The van der Waals surface area contributed by atoms with Crippen LogP contribution < -0.4 is 5.56 Å². The van der Waals surface area contributed by atoms with Gasteiger partial charge in [-0.15, -0.1) is 11.8 Å². The predicted octanol–water partition coefficient (Wildman–Crippen LogP) is 3.68. The van der Waals surface area contributed by atoms with Gasteiger partial charge in [-0.05, 0) is 29.8 Å². The van der Waals surface area contributed by atoms with Gasteiger partial charge in [-0.25, -0.2) is 0 Å². The Balaban J connectivity index is 2.09. The normalized spacial score (nSPS) is 10.6. The molecule has 0 fully saturated rings. The largest absolute Gasteiger partial charge is 0.503 e. The minimum absolute atomic E-state index is 0.276. The molecule has 1 aromatic heterocycles. The number of aromatic nitrogens is 1. The molecule has 0 unspecified atom stereocenters. The lowest BCUT2D eigenvalue weighted by atomic mass is 10.3. The standard InChI is InChI=1S/C12H9Cl2NO2S/c13-9-2-1-8(4-10(9)14)18-6-7-3-11(16)12(17)15-5-7/h1-5,16H,6H2,(H,15,17). The summed E-state index contributed by atoms with van der Waals surface area (Å²) < 4.78 is 0. The molecular formula is C12H9Cl2NO2S. The Morgan fingerprint density at radius 3 is 2.67 bits per heavy atom. The Kier molecular flexibility index (Phi) is 4.22. The number of nitrogens with one attached hydrogen (secondary N) is 1. The summed E-state index contributed by atoms with van der Waals surface area (Å²) in [4.78, 5) is 14.4. The number of halogens is 2. The molecule has 0 spiro atoms. The van der Waals surface area contributed by atoms with Crippen LogP contribution in [-0.2, 0) is 5.75 Å². The van der Waals surface area contributed by atoms with E-state index in [1.165, 1.54) is 17.8 Å². The van der Waals surface area contributed by atoms with Gasteiger partial charge in [0.05, 0.1) is 10.0 Å². The molecular weight excluding hydrogens is 293 g/mol. The van der Waals surface area contributed by atoms with Gasteiger partial charge in [0.25, 0.3) is 5.56 Å². The second kappa shape index (κ2) is 5.69. The molecule has 94 valence electrons. The van der Waals surface area contributed by atoms with E-state index in [1.54, 1.807) is 18.3 Å². The third-order valence-corrected chi connectivity index (χ3v) is 4.04. The number of hydrogen-bond acceptors (Lipinski definition) is 3. The van der Waals surface area contributed by atoms with Gasteiger partial charge in [0.1, 0.15) is 0 Å². The number of benzene rings is 1. The Labute approximate surface area is 118 Å². The van der Waals surface area contributed by atoms with Crippen molar-refractivity contribution in [2.24, 2.45) is 0 Å². The van der Waals surface area contributed by atoms with Crippen LogP contribution in [0.2, 0.25) is 10.0 Å². The topological polar surface area (TPSA) is 53.1 Å². The Morgan fingerprint density at radius 1 is 1.22 bits per heavy atom. The summed E-state index contributed by atoms with van der Waals surface area (Å²) in [6.07, 6.45) is 1.58. The molecule has 1 heterocycles. The van der Waals surface area contributed by atoms with Crippen LogP contribution in [-0.4, -0.2) is 10.1 Å². The molecule has 0 aliphatic carbocycles. The molecule has 1 aromatic carbocycles. The highest BCUT2D eigenvalue weighted by Crippen LogP contribution is 2.29. The van der Waals surface area contributed by atoms with E-state index in [1.807, 2.05) is 6.07 Å². The zero-order chi connectivity index (χ0) is 13.1. The summed E-state index contributed by atoms with van der Waals surface area (Å²) in [5.41, 5.74) is 0.335. The zero-order valence-corrected chi connectivity index (χ0v) is 11.4. The summed E-state index contributed by atoms with van der Waals surface area (Å²) in [7, 11) is 0. The first-order valence-corrected chi connectivity index (χ1v) is 6.79. The summed E-state index contributed by atoms with van der Waals surface area (Å²) in [6, 6.07) is 6.82. The SMILES string of the molecule is O=c1[nH]cc(CSc2ccc(Cl)c(Cl)c2)cc1O. The number of rotatable bonds is 3. The lowest BCUT2D eigenvalue weighted by Crippen LogP contribution is -2.04. The Hall–Kier alpha value is -1.10. The van der Waals surface area contributed by atoms with Gasteiger partial charge in [0, 0.05) is 16.8 Å². The van der Waals surface area contributed by atoms with Crippen molar-refractivity contribution in [1.29, 1.82) is 0 Å². The highest BCUT2D eigenvalue weighted by Gasteiger charge is 2.03. The van der Waals surface area contributed by atoms with Gasteiger partial charge in [-0.2, -0.15) is 0 Å². The number of H-pyrrole nitrogens is 1. The number of thioether (sulfide) groups is 1. The van der Waals surface area contributed by atoms with Crippen LogP contribution in [0, 0.1) is 0 Å². The van der Waals surface area contributed by atoms with Gasteiger partial charge in [0.15, 0.2) is 5.75 Å². The highest BCUT2D eigenvalue weighted by molar-refractivity contribution is 7.98. The molecule has 0 atom stereocenters. The van der Waals surface area contributed by atoms with E-state index in [4.69, 9.17) is 23.2 Å². The third-order valence-electron chi connectivity index (χ3n) is 2.24. The van der Waals surface area contributed by atoms with Crippen molar-refractivity contribution in [3.8, 4) is 5.75 Å². The van der Waals surface area contributed by atoms with E-state index < -0.39 is 5.56 Å². The van der Waals surface area contributed by atoms with Crippen molar-refractivity contribution in [3.63, 3.8) is 0 Å². The molecule has 18 heavy (non-hydrogen) atoms. The van der Waals surface area contributed by atoms with Gasteiger partial charge < -0.3 is 10.1 Å². The number of aromatic amines is 1. The van der Waals surface area contributed by atoms with Crippen molar-refractivity contribution in [2.45, 2.75) is 10.6 Å². The molecule has 0 saturated carbocycles. The van der Waals surface area contributed by atoms with Crippen LogP contribution in [0.15, 0.2) is 40.2 Å². The number of aromatic hydroxyl groups is 1. The summed E-state index contributed by atoms with van der Waals surface area (Å²) in [6.45, 7) is 0. The fraction of sp³-hybridized carbons (Fsp3) is 0.0833. The van der Waals surface area contributed by atoms with E-state index in [2.05, 4.69) is 4.98 Å². The fourth-order valence-corrected chi connectivity index (χ4v) is 2.56. The molecule has 0 amide bonds. The molecule has 0 radical (unpaired) electrons. The third kappa shape index (κ3) is 3.22. The van der Waals surface area contributed by atoms with Gasteiger partial charge in [-0.3, -0.25) is 4.79 Å². The molecule has 2 N–H and O–H groups in total. The van der Waals surface area contributed by atoms with Crippen molar-refractivity contribution in [3.05, 3.63) is 56.4 Å². The van der Waals surface area contributed by atoms with Crippen LogP contribution in [0.1, 0.15) is 5.56 Å². The molecule has 0 aliphatic rings. The van der Waals surface area contributed by atoms with Gasteiger partial charge in [-0.1, -0.05) is 23.2 Å². The van der Waals surface area contributed by atoms with E-state index in [0.717, 1.165) is 10.5 Å². The van der Waals surface area contributed by atoms with Crippen LogP contribution in [0.3, 0.4) is 0 Å². The van der Waals surface area contributed by atoms with Crippen LogP contribution in [0.25, 0.3) is 0 Å². The van der Waals surface area contributed by atoms with Crippen LogP contribution >= 0.6 is 35.0 Å².